The largest absolute Gasteiger partial charge is 0.496 e. The van der Waals surface area contributed by atoms with E-state index in [0.29, 0.717) is 30.1 Å². The first-order chi connectivity index (χ1) is 17.2. The minimum atomic E-state index is -4.36. The minimum absolute atomic E-state index is 0.227. The molecular formula is C29H32F3NO3. The topological polar surface area (TPSA) is 39.7 Å². The van der Waals surface area contributed by atoms with Crippen molar-refractivity contribution < 1.29 is 27.4 Å². The number of rotatable bonds is 8. The third-order valence-electron chi connectivity index (χ3n) is 6.77. The predicted octanol–water partition coefficient (Wildman–Crippen LogP) is 6.45. The second-order valence-corrected chi connectivity index (χ2v) is 9.01. The Morgan fingerprint density at radius 1 is 0.917 bits per heavy atom. The van der Waals surface area contributed by atoms with E-state index in [1.54, 1.807) is 27.2 Å². The summed E-state index contributed by atoms with van der Waals surface area (Å²) in [5.41, 5.74) is 5.15. The van der Waals surface area contributed by atoms with Gasteiger partial charge in [-0.05, 0) is 83.5 Å². The van der Waals surface area contributed by atoms with Crippen molar-refractivity contribution in [1.29, 1.82) is 0 Å². The van der Waals surface area contributed by atoms with Gasteiger partial charge in [0.2, 0.25) is 0 Å². The van der Waals surface area contributed by atoms with Crippen LogP contribution in [0.4, 0.5) is 13.2 Å². The molecule has 0 spiro atoms. The molecule has 192 valence electrons. The molecule has 7 heteroatoms. The van der Waals surface area contributed by atoms with Gasteiger partial charge in [-0.3, -0.25) is 0 Å². The standard InChI is InChI=1S/C29H32F3NO3/c1-5-20-7-6-19(15-25(20)34-3)11-13-36-27-17-24-21(16-26(27)35-4)10-12-33-28(24)23-9-8-22(14-18(23)2)29(30,31)32/h6-9,14-17,28,33H,5,10-13H2,1-4H3. The van der Waals surface area contributed by atoms with E-state index >= 15 is 0 Å². The highest BCUT2D eigenvalue weighted by atomic mass is 19.4. The zero-order chi connectivity index (χ0) is 25.9. The lowest BCUT2D eigenvalue weighted by Gasteiger charge is -2.30. The number of ether oxygens (including phenoxy) is 3. The van der Waals surface area contributed by atoms with Crippen LogP contribution in [0.3, 0.4) is 0 Å². The van der Waals surface area contributed by atoms with Gasteiger partial charge in [0.1, 0.15) is 5.75 Å². The summed E-state index contributed by atoms with van der Waals surface area (Å²) in [6.45, 7) is 4.98. The number of aryl methyl sites for hydroxylation is 2. The van der Waals surface area contributed by atoms with Gasteiger partial charge < -0.3 is 19.5 Å². The van der Waals surface area contributed by atoms with Gasteiger partial charge in [0.15, 0.2) is 11.5 Å². The molecule has 0 radical (unpaired) electrons. The molecule has 0 amide bonds. The van der Waals surface area contributed by atoms with Crippen LogP contribution in [0.5, 0.6) is 17.2 Å². The number of nitrogens with one attached hydrogen (secondary N) is 1. The predicted molar refractivity (Wildman–Crippen MR) is 134 cm³/mol. The van der Waals surface area contributed by atoms with E-state index in [2.05, 4.69) is 24.4 Å². The molecule has 0 saturated heterocycles. The van der Waals surface area contributed by atoms with Crippen LogP contribution in [0.15, 0.2) is 48.5 Å². The monoisotopic (exact) mass is 499 g/mol. The van der Waals surface area contributed by atoms with Crippen molar-refractivity contribution in [2.75, 3.05) is 27.4 Å². The average molecular weight is 500 g/mol. The van der Waals surface area contributed by atoms with Gasteiger partial charge in [-0.2, -0.15) is 13.2 Å². The number of benzene rings is 3. The summed E-state index contributed by atoms with van der Waals surface area (Å²) in [7, 11) is 3.29. The Hall–Kier alpha value is -3.19. The summed E-state index contributed by atoms with van der Waals surface area (Å²) in [6, 6.07) is 13.9. The molecule has 1 heterocycles. The molecule has 1 N–H and O–H groups in total. The summed E-state index contributed by atoms with van der Waals surface area (Å²) < 4.78 is 56.8. The quantitative estimate of drug-likeness (QED) is 0.387. The lowest BCUT2D eigenvalue weighted by atomic mass is 9.87. The maximum atomic E-state index is 13.2. The molecule has 1 aliphatic rings. The molecule has 3 aromatic rings. The van der Waals surface area contributed by atoms with E-state index in [1.807, 2.05) is 18.2 Å². The van der Waals surface area contributed by atoms with Crippen LogP contribution in [-0.4, -0.2) is 27.4 Å². The zero-order valence-electron chi connectivity index (χ0n) is 21.1. The summed E-state index contributed by atoms with van der Waals surface area (Å²) in [6.07, 6.45) is -1.97. The second-order valence-electron chi connectivity index (χ2n) is 9.01. The molecule has 4 rings (SSSR count). The van der Waals surface area contributed by atoms with Gasteiger partial charge in [0.05, 0.1) is 32.4 Å². The Morgan fingerprint density at radius 2 is 1.69 bits per heavy atom. The number of hydrogen-bond acceptors (Lipinski definition) is 4. The van der Waals surface area contributed by atoms with Gasteiger partial charge in [-0.1, -0.05) is 25.1 Å². The van der Waals surface area contributed by atoms with E-state index in [1.165, 1.54) is 6.07 Å². The molecule has 0 saturated carbocycles. The summed E-state index contributed by atoms with van der Waals surface area (Å²) >= 11 is 0. The summed E-state index contributed by atoms with van der Waals surface area (Å²) in [5.74, 6) is 2.14. The average Bonchev–Trinajstić information content (AvgIpc) is 2.87. The Bertz CT molecular complexity index is 1220. The molecule has 36 heavy (non-hydrogen) atoms. The Labute approximate surface area is 210 Å². The van der Waals surface area contributed by atoms with Gasteiger partial charge in [-0.25, -0.2) is 0 Å². The van der Waals surface area contributed by atoms with E-state index in [-0.39, 0.29) is 6.04 Å². The molecule has 1 atom stereocenters. The molecule has 0 fully saturated rings. The number of hydrogen-bond donors (Lipinski definition) is 1. The molecule has 0 bridgehead atoms. The molecule has 0 aromatic heterocycles. The smallest absolute Gasteiger partial charge is 0.416 e. The fourth-order valence-corrected chi connectivity index (χ4v) is 4.81. The first-order valence-corrected chi connectivity index (χ1v) is 12.2. The van der Waals surface area contributed by atoms with Crippen molar-refractivity contribution in [2.24, 2.45) is 0 Å². The Balaban J connectivity index is 1.58. The summed E-state index contributed by atoms with van der Waals surface area (Å²) in [4.78, 5) is 0. The molecule has 4 nitrogen and oxygen atoms in total. The van der Waals surface area contributed by atoms with Crippen LogP contribution in [0.25, 0.3) is 0 Å². The van der Waals surface area contributed by atoms with Crippen molar-refractivity contribution in [2.45, 2.75) is 45.3 Å². The third kappa shape index (κ3) is 5.46. The van der Waals surface area contributed by atoms with E-state index in [4.69, 9.17) is 14.2 Å². The molecule has 0 aliphatic carbocycles. The van der Waals surface area contributed by atoms with E-state index < -0.39 is 11.7 Å². The lowest BCUT2D eigenvalue weighted by molar-refractivity contribution is -0.137. The number of alkyl halides is 3. The van der Waals surface area contributed by atoms with Gasteiger partial charge in [-0.15, -0.1) is 0 Å². The van der Waals surface area contributed by atoms with Crippen molar-refractivity contribution in [1.82, 2.24) is 5.32 Å². The minimum Gasteiger partial charge on any atom is -0.496 e. The third-order valence-corrected chi connectivity index (χ3v) is 6.77. The molecular weight excluding hydrogens is 467 g/mol. The lowest BCUT2D eigenvalue weighted by Crippen LogP contribution is -2.31. The number of methoxy groups -OCH3 is 2. The number of halogens is 3. The Kier molecular flexibility index (Phi) is 7.79. The van der Waals surface area contributed by atoms with Crippen LogP contribution in [0.2, 0.25) is 0 Å². The fraction of sp³-hybridized carbons (Fsp3) is 0.379. The van der Waals surface area contributed by atoms with E-state index in [0.717, 1.165) is 59.0 Å². The van der Waals surface area contributed by atoms with Crippen molar-refractivity contribution in [3.05, 3.63) is 87.5 Å². The highest BCUT2D eigenvalue weighted by Crippen LogP contribution is 2.39. The molecule has 3 aromatic carbocycles. The maximum absolute atomic E-state index is 13.2. The highest BCUT2D eigenvalue weighted by molar-refractivity contribution is 5.53. The zero-order valence-corrected chi connectivity index (χ0v) is 21.1. The van der Waals surface area contributed by atoms with Gasteiger partial charge in [0.25, 0.3) is 0 Å². The summed E-state index contributed by atoms with van der Waals surface area (Å²) in [5, 5.41) is 3.47. The van der Waals surface area contributed by atoms with Crippen LogP contribution < -0.4 is 19.5 Å². The first-order valence-electron chi connectivity index (χ1n) is 12.2. The van der Waals surface area contributed by atoms with Crippen molar-refractivity contribution in [3.8, 4) is 17.2 Å². The highest BCUT2D eigenvalue weighted by Gasteiger charge is 2.32. The van der Waals surface area contributed by atoms with Crippen LogP contribution in [0, 0.1) is 6.92 Å². The fourth-order valence-electron chi connectivity index (χ4n) is 4.81. The first kappa shape index (κ1) is 25.9. The van der Waals surface area contributed by atoms with Crippen LogP contribution >= 0.6 is 0 Å². The van der Waals surface area contributed by atoms with Crippen LogP contribution in [-0.2, 0) is 25.4 Å². The van der Waals surface area contributed by atoms with Crippen molar-refractivity contribution in [3.63, 3.8) is 0 Å². The van der Waals surface area contributed by atoms with Crippen LogP contribution in [0.1, 0.15) is 51.9 Å². The van der Waals surface area contributed by atoms with Crippen molar-refractivity contribution >= 4 is 0 Å². The van der Waals surface area contributed by atoms with Gasteiger partial charge in [0, 0.05) is 13.0 Å². The second kappa shape index (κ2) is 10.8. The van der Waals surface area contributed by atoms with E-state index in [9.17, 15) is 13.2 Å². The normalized spacial score (nSPS) is 15.4. The molecule has 1 aliphatic heterocycles. The molecule has 1 unspecified atom stereocenters. The Morgan fingerprint density at radius 3 is 2.36 bits per heavy atom. The number of fused-ring (bicyclic) bond motifs is 1. The SMILES string of the molecule is CCc1ccc(CCOc2cc3c(cc2OC)CCNC3c2ccc(C(F)(F)F)cc2C)cc1OC. The van der Waals surface area contributed by atoms with Gasteiger partial charge >= 0.3 is 6.18 Å². The maximum Gasteiger partial charge on any atom is 0.416 e.